The zero-order valence-electron chi connectivity index (χ0n) is 25.8. The van der Waals surface area contributed by atoms with E-state index < -0.39 is 41.5 Å². The van der Waals surface area contributed by atoms with Gasteiger partial charge in [-0.1, -0.05) is 54.6 Å². The van der Waals surface area contributed by atoms with E-state index in [9.17, 15) is 27.6 Å². The zero-order chi connectivity index (χ0) is 35.8. The van der Waals surface area contributed by atoms with Crippen molar-refractivity contribution >= 4 is 35.5 Å². The Morgan fingerprint density at radius 2 is 1.45 bits per heavy atom. The highest BCUT2D eigenvalue weighted by molar-refractivity contribution is 5.96. The van der Waals surface area contributed by atoms with Crippen LogP contribution in [0.3, 0.4) is 0 Å². The van der Waals surface area contributed by atoms with Gasteiger partial charge in [0.15, 0.2) is 5.96 Å². The molecule has 0 bridgehead atoms. The van der Waals surface area contributed by atoms with Crippen molar-refractivity contribution in [1.82, 2.24) is 10.6 Å². The number of carboxylic acid groups (broad SMARTS) is 1. The van der Waals surface area contributed by atoms with Crippen LogP contribution < -0.4 is 39.3 Å². The highest BCUT2D eigenvalue weighted by Crippen LogP contribution is 2.29. The maximum atomic E-state index is 13.9. The lowest BCUT2D eigenvalue weighted by molar-refractivity contribution is -0.192. The van der Waals surface area contributed by atoms with Gasteiger partial charge in [0.05, 0.1) is 5.41 Å². The van der Waals surface area contributed by atoms with Gasteiger partial charge >= 0.3 is 12.1 Å². The molecule has 0 spiro atoms. The highest BCUT2D eigenvalue weighted by atomic mass is 19.4. The highest BCUT2D eigenvalue weighted by Gasteiger charge is 2.39. The molecule has 0 fully saturated rings. The van der Waals surface area contributed by atoms with Gasteiger partial charge in [0.1, 0.15) is 17.9 Å². The number of amidine groups is 1. The maximum absolute atomic E-state index is 13.9. The first-order valence-electron chi connectivity index (χ1n) is 14.4. The van der Waals surface area contributed by atoms with Crippen LogP contribution in [0.1, 0.15) is 49.3 Å². The first-order valence-corrected chi connectivity index (χ1v) is 14.4. The normalized spacial score (nSPS) is 13.4. The summed E-state index contributed by atoms with van der Waals surface area (Å²) in [5.74, 6) is -4.48. The van der Waals surface area contributed by atoms with E-state index in [-0.39, 0.29) is 37.1 Å². The van der Waals surface area contributed by atoms with Gasteiger partial charge in [0.25, 0.3) is 0 Å². The fourth-order valence-corrected chi connectivity index (χ4v) is 4.30. The predicted molar refractivity (Wildman–Crippen MR) is 170 cm³/mol. The first-order chi connectivity index (χ1) is 21.9. The molecule has 2 aromatic carbocycles. The van der Waals surface area contributed by atoms with Crippen LogP contribution in [-0.4, -0.2) is 71.9 Å². The van der Waals surface area contributed by atoms with Gasteiger partial charge in [0, 0.05) is 12.1 Å². The van der Waals surface area contributed by atoms with Gasteiger partial charge in [-0.25, -0.2) is 4.79 Å². The third-order valence-corrected chi connectivity index (χ3v) is 6.90. The Labute approximate surface area is 269 Å². The number of guanidine groups is 1. The average molecular weight is 666 g/mol. The number of halogens is 3. The smallest absolute Gasteiger partial charge is 0.475 e. The van der Waals surface area contributed by atoms with E-state index in [1.165, 1.54) is 0 Å². The lowest BCUT2D eigenvalue weighted by Gasteiger charge is -2.32. The number of carbonyl (C=O) groups is 4. The number of benzene rings is 2. The molecule has 17 heteroatoms. The number of primary amides is 1. The van der Waals surface area contributed by atoms with E-state index in [1.54, 1.807) is 12.1 Å². The molecule has 0 saturated carbocycles. The Bertz CT molecular complexity index is 1390. The van der Waals surface area contributed by atoms with Crippen molar-refractivity contribution in [2.75, 3.05) is 13.1 Å². The van der Waals surface area contributed by atoms with E-state index in [0.717, 1.165) is 11.1 Å². The molecule has 3 amide bonds. The molecule has 0 heterocycles. The molecule has 0 aliphatic heterocycles. The van der Waals surface area contributed by atoms with Crippen molar-refractivity contribution in [3.63, 3.8) is 0 Å². The molecule has 0 radical (unpaired) electrons. The molecule has 0 aliphatic carbocycles. The van der Waals surface area contributed by atoms with Gasteiger partial charge in [-0.3, -0.25) is 24.8 Å². The quantitative estimate of drug-likeness (QED) is 0.0678. The van der Waals surface area contributed by atoms with Crippen molar-refractivity contribution in [3.8, 4) is 0 Å². The van der Waals surface area contributed by atoms with Crippen molar-refractivity contribution in [1.29, 1.82) is 5.41 Å². The minimum atomic E-state index is -5.08. The summed E-state index contributed by atoms with van der Waals surface area (Å²) in [6.45, 7) is 2.40. The number of hydrogen-bond acceptors (Lipinski definition) is 7. The molecular formula is C30H42F3N9O5. The molecule has 2 rings (SSSR count). The Morgan fingerprint density at radius 1 is 0.894 bits per heavy atom. The van der Waals surface area contributed by atoms with E-state index in [2.05, 4.69) is 15.6 Å². The summed E-state index contributed by atoms with van der Waals surface area (Å²) in [5.41, 5.74) is 28.6. The fraction of sp³-hybridized carbons (Fsp3) is 0.400. The molecule has 0 saturated heterocycles. The van der Waals surface area contributed by atoms with Crippen molar-refractivity contribution in [2.24, 2.45) is 33.7 Å². The summed E-state index contributed by atoms with van der Waals surface area (Å²) in [6.07, 6.45) is -3.38. The Balaban J connectivity index is 0.00000141. The van der Waals surface area contributed by atoms with E-state index in [1.807, 2.05) is 49.4 Å². The molecule has 0 aliphatic rings. The topological polar surface area (TPSA) is 279 Å². The van der Waals surface area contributed by atoms with Crippen LogP contribution in [0.5, 0.6) is 0 Å². The number of aliphatic imine (C=N–C) groups is 1. The van der Waals surface area contributed by atoms with Crippen LogP contribution in [0.4, 0.5) is 13.2 Å². The minimum Gasteiger partial charge on any atom is -0.475 e. The van der Waals surface area contributed by atoms with Crippen molar-refractivity contribution in [2.45, 2.75) is 62.7 Å². The first kappa shape index (κ1) is 39.8. The number of aliphatic carboxylic acids is 1. The Kier molecular flexibility index (Phi) is 15.8. The number of nitrogens with two attached hydrogens (primary N) is 5. The molecule has 14 N–H and O–H groups in total. The molecule has 0 unspecified atom stereocenters. The SMILES string of the molecule is C[C@](Cc1ccc(C(=N)N)cc1)(C(=O)N[C@@H](CCCN)C(=O)N[C@@H](CCCN=C(N)N)C(N)=O)c1ccccc1.O=C(O)C(F)(F)F. The largest absolute Gasteiger partial charge is 0.490 e. The van der Waals surface area contributed by atoms with E-state index in [4.69, 9.17) is 44.0 Å². The molecule has 14 nitrogen and oxygen atoms in total. The third-order valence-electron chi connectivity index (χ3n) is 6.90. The molecule has 3 atom stereocenters. The van der Waals surface area contributed by atoms with Crippen molar-refractivity contribution in [3.05, 3.63) is 71.3 Å². The van der Waals surface area contributed by atoms with Crippen LogP contribution in [0.25, 0.3) is 0 Å². The minimum absolute atomic E-state index is 0.0469. The van der Waals surface area contributed by atoms with Gasteiger partial charge in [-0.05, 0) is 56.7 Å². The number of hydrogen-bond donors (Lipinski definition) is 9. The Hall–Kier alpha value is -5.19. The second kappa shape index (κ2) is 18.7. The van der Waals surface area contributed by atoms with Crippen LogP contribution in [0, 0.1) is 5.41 Å². The second-order valence-corrected chi connectivity index (χ2v) is 10.7. The average Bonchev–Trinajstić information content (AvgIpc) is 3.00. The lowest BCUT2D eigenvalue weighted by atomic mass is 9.76. The molecular weight excluding hydrogens is 623 g/mol. The van der Waals surface area contributed by atoms with Gasteiger partial charge < -0.3 is 44.4 Å². The van der Waals surface area contributed by atoms with Gasteiger partial charge in [-0.15, -0.1) is 0 Å². The van der Waals surface area contributed by atoms with Crippen LogP contribution in [-0.2, 0) is 31.0 Å². The zero-order valence-corrected chi connectivity index (χ0v) is 25.8. The molecule has 47 heavy (non-hydrogen) atoms. The molecule has 258 valence electrons. The fourth-order valence-electron chi connectivity index (χ4n) is 4.30. The maximum Gasteiger partial charge on any atom is 0.490 e. The van der Waals surface area contributed by atoms with E-state index >= 15 is 0 Å². The number of rotatable bonds is 16. The summed E-state index contributed by atoms with van der Waals surface area (Å²) >= 11 is 0. The van der Waals surface area contributed by atoms with Crippen LogP contribution in [0.15, 0.2) is 59.6 Å². The number of amides is 3. The second-order valence-electron chi connectivity index (χ2n) is 10.7. The predicted octanol–water partition coefficient (Wildman–Crippen LogP) is 0.352. The number of nitrogen functional groups attached to an aromatic ring is 1. The summed E-state index contributed by atoms with van der Waals surface area (Å²) in [4.78, 5) is 52.0. The van der Waals surface area contributed by atoms with Gasteiger partial charge in [-0.2, -0.15) is 13.2 Å². The van der Waals surface area contributed by atoms with Crippen LogP contribution >= 0.6 is 0 Å². The lowest BCUT2D eigenvalue weighted by Crippen LogP contribution is -2.56. The third kappa shape index (κ3) is 13.8. The number of carboxylic acids is 1. The van der Waals surface area contributed by atoms with Crippen LogP contribution in [0.2, 0.25) is 0 Å². The monoisotopic (exact) mass is 665 g/mol. The molecule has 0 aromatic heterocycles. The number of carbonyl (C=O) groups excluding carboxylic acids is 3. The number of nitrogens with one attached hydrogen (secondary N) is 3. The summed E-state index contributed by atoms with van der Waals surface area (Å²) in [7, 11) is 0. The molecule has 2 aromatic rings. The standard InChI is InChI=1S/C28H41N9O3.C2HF3O2/c1-28(20-7-3-2-4-8-20,17-18-11-13-19(14-12-18)23(30)31)26(40)37-22(9-5-15-29)25(39)36-21(24(32)38)10-6-16-35-27(33)34;3-2(4,5)1(6)7/h2-4,7-8,11-14,21-22H,5-6,9-10,15-17,29H2,1H3,(H3,30,31)(H2,32,38)(H,36,39)(H,37,40)(H4,33,34,35);(H,6,7)/t21-,22-,28+;/m0./s1. The summed E-state index contributed by atoms with van der Waals surface area (Å²) < 4.78 is 31.7. The summed E-state index contributed by atoms with van der Waals surface area (Å²) in [6, 6.07) is 14.5. The number of nitrogens with zero attached hydrogens (tertiary/aromatic N) is 1. The van der Waals surface area contributed by atoms with Gasteiger partial charge in [0.2, 0.25) is 17.7 Å². The summed E-state index contributed by atoms with van der Waals surface area (Å²) in [5, 5.41) is 20.3. The van der Waals surface area contributed by atoms with E-state index in [0.29, 0.717) is 31.4 Å². The Morgan fingerprint density at radius 3 is 1.91 bits per heavy atom. The van der Waals surface area contributed by atoms with Crippen molar-refractivity contribution < 1.29 is 37.5 Å². The number of alkyl halides is 3.